The Labute approximate surface area is 884 Å². The number of fused-ring (bicyclic) bond motifs is 6. The Morgan fingerprint density at radius 3 is 1.07 bits per heavy atom. The lowest BCUT2D eigenvalue weighted by atomic mass is 10.1. The molecule has 12 aromatic heterocycles. The average Bonchev–Trinajstić information content (AvgIpc) is 1.64. The van der Waals surface area contributed by atoms with E-state index in [0.29, 0.717) is 115 Å². The zero-order valence-corrected chi connectivity index (χ0v) is 95.4. The molecule has 24 atom stereocenters. The van der Waals surface area contributed by atoms with E-state index in [2.05, 4.69) is 203 Å². The van der Waals surface area contributed by atoms with E-state index in [4.69, 9.17) is 70.8 Å². The van der Waals surface area contributed by atoms with Crippen molar-refractivity contribution in [2.75, 3.05) is 154 Å². The van der Waals surface area contributed by atoms with Crippen LogP contribution in [0, 0.1) is 41.6 Å². The third-order valence-electron chi connectivity index (χ3n) is 26.3. The second kappa shape index (κ2) is 47.9. The smallest absolute Gasteiger partial charge is 0.281 e. The predicted molar refractivity (Wildman–Crippen MR) is 611 cm³/mol. The summed E-state index contributed by atoms with van der Waals surface area (Å²) in [5, 5.41) is 129. The summed E-state index contributed by atoms with van der Waals surface area (Å²) in [5.41, 5.74) is 9.38. The number of anilines is 3. The molecule has 6 fully saturated rings. The number of H-pyrrole nitrogens is 5. The second-order valence-electron chi connectivity index (χ2n) is 43.2. The van der Waals surface area contributed by atoms with Crippen molar-refractivity contribution < 1.29 is 89.7 Å². The number of aromatic amines is 5. The zero-order chi connectivity index (χ0) is 110. The molecule has 830 valence electrons. The fourth-order valence-corrected chi connectivity index (χ4v) is 24.5. The van der Waals surface area contributed by atoms with Crippen LogP contribution in [0.4, 0.5) is 17.8 Å². The first-order valence-corrected chi connectivity index (χ1v) is 67.9. The monoisotopic (exact) mass is 2260 g/mol. The molecule has 0 radical (unpaired) electrons. The van der Waals surface area contributed by atoms with Crippen LogP contribution in [0.25, 0.3) is 66.9 Å². The van der Waals surface area contributed by atoms with E-state index >= 15 is 0 Å². The van der Waals surface area contributed by atoms with Crippen LogP contribution in [0.15, 0.2) is 52.0 Å². The topological polar surface area (TPSA) is 646 Å². The quantitative estimate of drug-likeness (QED) is 0.0241. The van der Waals surface area contributed by atoms with Gasteiger partial charge in [0.2, 0.25) is 17.8 Å². The first-order valence-electron chi connectivity index (χ1n) is 48.4. The maximum Gasteiger partial charge on any atom is 0.281 e. The van der Waals surface area contributed by atoms with E-state index in [1.807, 2.05) is 13.0 Å². The van der Waals surface area contributed by atoms with E-state index in [1.165, 1.54) is 41.8 Å². The van der Waals surface area contributed by atoms with Crippen molar-refractivity contribution in [3.63, 3.8) is 0 Å². The molecule has 150 heavy (non-hydrogen) atoms. The number of aliphatic hydroxyl groups excluding tert-OH is 12. The molecule has 56 heteroatoms. The lowest BCUT2D eigenvalue weighted by Gasteiger charge is -2.19. The Hall–Kier alpha value is -8.09. The minimum Gasteiger partial charge on any atom is -0.388 e. The highest BCUT2D eigenvalue weighted by Gasteiger charge is 2.51. The summed E-state index contributed by atoms with van der Waals surface area (Å²) in [6, 6.07) is 1.85. The zero-order valence-electron chi connectivity index (χ0n) is 87.6. The number of aromatic nitrogens is 23. The lowest BCUT2D eigenvalue weighted by molar-refractivity contribution is -0.0353. The van der Waals surface area contributed by atoms with Gasteiger partial charge in [0.05, 0.1) is 67.3 Å². The number of rotatable bonds is 26. The van der Waals surface area contributed by atoms with Gasteiger partial charge < -0.3 is 125 Å². The normalized spacial score (nSPS) is 27.1. The average molecular weight is 2260 g/mol. The fraction of sp³-hybridized carbons (Fsp3) is 0.606. The van der Waals surface area contributed by atoms with Crippen LogP contribution >= 0.6 is 78.0 Å². The Balaban J connectivity index is 0.000000159. The van der Waals surface area contributed by atoms with Crippen LogP contribution in [0.2, 0.25) is 0 Å². The van der Waals surface area contributed by atoms with Gasteiger partial charge in [0.15, 0.2) is 80.1 Å². The highest BCUT2D eigenvalue weighted by molar-refractivity contribution is 7.74. The van der Waals surface area contributed by atoms with Crippen molar-refractivity contribution >= 4 is 200 Å². The summed E-state index contributed by atoms with van der Waals surface area (Å²) >= 11 is 15.7. The molecule has 0 bridgehead atoms. The molecule has 0 saturated carbocycles. The van der Waals surface area contributed by atoms with E-state index < -0.39 is 189 Å². The van der Waals surface area contributed by atoms with Crippen molar-refractivity contribution in [2.45, 2.75) is 221 Å². The molecule has 6 saturated heterocycles. The van der Waals surface area contributed by atoms with Gasteiger partial charge in [0, 0.05) is 34.4 Å². The van der Waals surface area contributed by atoms with Gasteiger partial charge in [-0.25, -0.2) is 44.9 Å². The van der Waals surface area contributed by atoms with Gasteiger partial charge in [-0.15, -0.1) is 79.1 Å². The lowest BCUT2D eigenvalue weighted by Crippen LogP contribution is -2.32. The molecule has 20 N–H and O–H groups in total. The molecule has 6 aliphatic heterocycles. The van der Waals surface area contributed by atoms with E-state index in [9.17, 15) is 75.7 Å². The molecule has 18 heterocycles. The number of aryl methyl sites for hydroxylation is 4. The number of aliphatic hydroxyl groups is 12. The molecule has 0 amide bonds. The van der Waals surface area contributed by atoms with Crippen LogP contribution in [0.3, 0.4) is 0 Å². The first-order chi connectivity index (χ1) is 69.3. The van der Waals surface area contributed by atoms with Crippen molar-refractivity contribution in [1.29, 1.82) is 0 Å². The Morgan fingerprint density at radius 2 is 0.693 bits per heavy atom. The number of hydrogen-bond acceptors (Lipinski definition) is 38. The molecule has 6 aliphatic rings. The molecule has 18 rings (SSSR count). The van der Waals surface area contributed by atoms with Gasteiger partial charge in [-0.05, 0) is 189 Å². The summed E-state index contributed by atoms with van der Waals surface area (Å²) in [5.74, 6) is 3.29. The maximum atomic E-state index is 12.3. The molecule has 12 aromatic rings. The molecule has 0 aliphatic carbocycles. The third kappa shape index (κ3) is 27.9. The standard InChI is InChI=1S/C16H26N5O4P.C16H25N4O4P.C16H24N3O3PS.C15H24N5O4P.C15H24N5O3PS.C15H23N4O3PS.CH4/c1-20(2)16-18-13-10(14(24)19-16)17-8-21(13)15-12(23)11(22)9(25-15)6-7-26(3,4)5;1-9-18-14-11(15(23)19(9)2)17-8-20(14)16-13(22)12(21)10(24-16)6-7-25(3,4)5;1-9-17-14-10(15(24)18-9)5-7-19(14)16-13(21)12(20)11(22-16)6-8-23(2,3)4;1-16-15-18-12-9(13(23)19-15)17-7-20(12)14-11(22)10(21)8(24-14)5-6-25(2,3)4;1-7-17-12-9(13(25)18-7)19-15(16)20(12)14-11(22)10(21)8(23-14)5-6-24(2,3)4;1-8-17-13-10(14(24)18-8)16-7-19(13)15-12(21)11(20)9(22-15)5-6-23(2,3)4;/h8-9,11-12,15,22-23H,3,6-7H2,1-2,4-5H3,(H,18,19,24);8,10,12-13,16,21-22H,3,6-7H2,1-2,4-5H3;5,7,11-13,16,20-21H,2,6,8H2,1,3-4H3,(H,17,18,24);7-8,10-11,14,21-22H,2,5-6H2,1,3-4H3,(H2,16,18,19,23);8,10-11,14,21-22H,2,5-6H2,1,3-4H3,(H2,16,19)(H,17,18,25);7,9,11-12,15,20-21H,2,5-6H2,1,3-4H3,(H,17,18,24);1H4/t9-,11-,12-,15-;10-,12-,13-,16-;11-,12-,13-,16-;2*8-,10-,11-,14-;9-,11-,12-,15-;/m111111./s1. The number of hydrogen-bond donors (Lipinski definition) is 19. The Kier molecular flexibility index (Phi) is 38.5. The first kappa shape index (κ1) is 121. The fourth-order valence-electron chi connectivity index (χ4n) is 17.9. The molecule has 0 aromatic carbocycles. The van der Waals surface area contributed by atoms with E-state index in [0.717, 1.165) is 48.0 Å². The summed E-state index contributed by atoms with van der Waals surface area (Å²) in [6.45, 7) is 25.2. The Morgan fingerprint density at radius 1 is 0.387 bits per heavy atom. The van der Waals surface area contributed by atoms with Gasteiger partial charge in [-0.2, -0.15) is 9.97 Å². The largest absolute Gasteiger partial charge is 0.388 e. The number of nitrogen functional groups attached to an aromatic ring is 1. The maximum absolute atomic E-state index is 12.3. The van der Waals surface area contributed by atoms with E-state index in [1.54, 1.807) is 75.5 Å². The van der Waals surface area contributed by atoms with Crippen molar-refractivity contribution in [3.05, 3.63) is 106 Å². The predicted octanol–water partition coefficient (Wildman–Crippen LogP) is 5.31. The van der Waals surface area contributed by atoms with Gasteiger partial charge in [0.25, 0.3) is 16.7 Å². The van der Waals surface area contributed by atoms with E-state index in [-0.39, 0.29) is 58.2 Å². The molecule has 0 unspecified atom stereocenters. The molecular formula is C94H150N26O21P6S3. The number of ether oxygens (including phenoxy) is 6. The minimum atomic E-state index is -1.26. The highest BCUT2D eigenvalue weighted by Crippen LogP contribution is 2.48. The number of imidazole rings is 5. The van der Waals surface area contributed by atoms with Gasteiger partial charge in [-0.1, -0.05) is 44.1 Å². The van der Waals surface area contributed by atoms with Crippen molar-refractivity contribution in [3.8, 4) is 0 Å². The Bertz CT molecular complexity index is 7410. The molecule has 0 spiro atoms. The van der Waals surface area contributed by atoms with Crippen LogP contribution in [0.5, 0.6) is 0 Å². The number of nitrogens with two attached hydrogens (primary N) is 1. The van der Waals surface area contributed by atoms with Gasteiger partial charge in [-0.3, -0.25) is 51.8 Å². The minimum absolute atomic E-state index is 0. The van der Waals surface area contributed by atoms with Crippen LogP contribution in [0.1, 0.15) is 107 Å². The van der Waals surface area contributed by atoms with Gasteiger partial charge >= 0.3 is 0 Å². The summed E-state index contributed by atoms with van der Waals surface area (Å²) in [4.78, 5) is 99.2. The summed E-state index contributed by atoms with van der Waals surface area (Å²) in [6.07, 6.45) is 21.8. The number of nitrogens with zero attached hydrogens (tertiary/aromatic N) is 19. The van der Waals surface area contributed by atoms with Gasteiger partial charge in [0.1, 0.15) is 129 Å². The van der Waals surface area contributed by atoms with Crippen molar-refractivity contribution in [2.24, 2.45) is 7.05 Å². The van der Waals surface area contributed by atoms with Crippen LogP contribution < -0.4 is 32.6 Å². The second-order valence-corrected chi connectivity index (χ2v) is 70.2. The van der Waals surface area contributed by atoms with Crippen molar-refractivity contribution in [1.82, 2.24) is 112 Å². The number of nitrogens with one attached hydrogen (secondary N) is 6. The summed E-state index contributed by atoms with van der Waals surface area (Å²) in [7, 11) is 6.78. The molecule has 47 nitrogen and oxygen atoms in total. The van der Waals surface area contributed by atoms with Crippen LogP contribution in [-0.2, 0) is 35.5 Å². The molecular weight excluding hydrogens is 2110 g/mol. The SMILES string of the molecule is C.C=P(C)(C)CC[C@H]1O[C@@H](n2c(N)nc3c(=S)nc(C)[nH]c32)[C@H](O)[C@@H]1O.C=P(C)(C)CC[C@H]1O[C@@H](n2ccc3c(=S)nc(C)[nH]c32)[C@H](O)[C@@H]1O.C=P(C)(C)CC[C@H]1O[C@@H](n2cnc3c(=O)[nH]c(N(C)C)nc32)[C@H](O)[C@@H]1O.C=P(C)(C)CC[C@H]1O[C@@H](n2cnc3c(=O)[nH]c(NC)nc32)[C@H](O)[C@@H]1O.C=P(C)(C)CC[C@H]1O[C@@H](n2cnc3c(=O)n(C)c(C)nc32)[C@H](O)[C@@H]1O.C=P(C)(C)CC[C@H]1O[C@@H](n2cnc3c(=S)nc(C)[nH]c32)[C@H](O)[C@@H]1O. The highest BCUT2D eigenvalue weighted by atomic mass is 32.1. The third-order valence-corrected chi connectivity index (χ3v) is 36.0. The van der Waals surface area contributed by atoms with Crippen LogP contribution in [-0.4, -0.2) is 459 Å². The summed E-state index contributed by atoms with van der Waals surface area (Å²) < 4.78 is 47.8.